The maximum Gasteiger partial charge on any atom is 0.165 e. The molecule has 1 aliphatic heterocycles. The fourth-order valence-corrected chi connectivity index (χ4v) is 3.57. The summed E-state index contributed by atoms with van der Waals surface area (Å²) in [4.78, 5) is 18.3. The molecule has 130 valence electrons. The van der Waals surface area contributed by atoms with E-state index in [-0.39, 0.29) is 0 Å². The van der Waals surface area contributed by atoms with Crippen molar-refractivity contribution >= 4 is 22.7 Å². The van der Waals surface area contributed by atoms with Crippen LogP contribution in [0.3, 0.4) is 0 Å². The Morgan fingerprint density at radius 1 is 0.960 bits per heavy atom. The van der Waals surface area contributed by atoms with Crippen LogP contribution in [0.1, 0.15) is 18.1 Å². The lowest BCUT2D eigenvalue weighted by molar-refractivity contribution is 0.647. The Hall–Kier alpha value is -2.63. The highest BCUT2D eigenvalue weighted by Crippen LogP contribution is 2.27. The van der Waals surface area contributed by atoms with Gasteiger partial charge in [0.1, 0.15) is 6.33 Å². The van der Waals surface area contributed by atoms with Crippen molar-refractivity contribution in [3.05, 3.63) is 42.0 Å². The van der Waals surface area contributed by atoms with Crippen LogP contribution in [-0.2, 0) is 6.54 Å². The highest BCUT2D eigenvalue weighted by Gasteiger charge is 2.22. The number of nitrogens with zero attached hydrogens (tertiary/aromatic N) is 6. The van der Waals surface area contributed by atoms with E-state index in [4.69, 9.17) is 0 Å². The third kappa shape index (κ3) is 2.71. The molecule has 0 aliphatic carbocycles. The zero-order valence-corrected chi connectivity index (χ0v) is 15.1. The Labute approximate surface area is 148 Å². The largest absolute Gasteiger partial charge is 0.368 e. The van der Waals surface area contributed by atoms with Crippen LogP contribution in [0.25, 0.3) is 11.2 Å². The summed E-state index contributed by atoms with van der Waals surface area (Å²) in [5.74, 6) is 0.956. The maximum absolute atomic E-state index is 4.55. The van der Waals surface area contributed by atoms with Gasteiger partial charge in [0, 0.05) is 38.4 Å². The number of aryl methyl sites for hydroxylation is 2. The summed E-state index contributed by atoms with van der Waals surface area (Å²) in [7, 11) is 0. The fourth-order valence-electron chi connectivity index (χ4n) is 3.57. The van der Waals surface area contributed by atoms with Gasteiger partial charge in [0.25, 0.3) is 0 Å². The molecule has 0 saturated carbocycles. The number of hydrogen-bond acceptors (Lipinski definition) is 5. The minimum atomic E-state index is 0.868. The number of hydrogen-bond donors (Lipinski definition) is 0. The van der Waals surface area contributed by atoms with Crippen LogP contribution in [0.2, 0.25) is 0 Å². The molecule has 25 heavy (non-hydrogen) atoms. The first kappa shape index (κ1) is 15.9. The molecular weight excluding hydrogens is 312 g/mol. The third-order valence-electron chi connectivity index (χ3n) is 5.22. The molecule has 4 rings (SSSR count). The molecule has 1 aromatic carbocycles. The van der Waals surface area contributed by atoms with Crippen molar-refractivity contribution in [3.8, 4) is 0 Å². The molecule has 1 aliphatic rings. The first-order valence-corrected chi connectivity index (χ1v) is 8.91. The van der Waals surface area contributed by atoms with E-state index in [2.05, 4.69) is 68.3 Å². The van der Waals surface area contributed by atoms with Crippen molar-refractivity contribution in [3.63, 3.8) is 0 Å². The van der Waals surface area contributed by atoms with E-state index in [1.807, 2.05) is 6.33 Å². The van der Waals surface area contributed by atoms with Gasteiger partial charge in [-0.05, 0) is 38.0 Å². The Kier molecular flexibility index (Phi) is 4.03. The second kappa shape index (κ2) is 6.35. The third-order valence-corrected chi connectivity index (χ3v) is 5.22. The molecule has 0 atom stereocenters. The summed E-state index contributed by atoms with van der Waals surface area (Å²) >= 11 is 0. The summed E-state index contributed by atoms with van der Waals surface area (Å²) in [6, 6.07) is 6.55. The molecule has 2 aromatic heterocycles. The number of aromatic nitrogens is 4. The number of fused-ring (bicyclic) bond motifs is 1. The van der Waals surface area contributed by atoms with Gasteiger partial charge in [-0.3, -0.25) is 0 Å². The maximum atomic E-state index is 4.55. The highest BCUT2D eigenvalue weighted by atomic mass is 15.3. The molecule has 1 fully saturated rings. The monoisotopic (exact) mass is 336 g/mol. The molecule has 0 radical (unpaired) electrons. The molecule has 6 heteroatoms. The Morgan fingerprint density at radius 2 is 1.72 bits per heavy atom. The quantitative estimate of drug-likeness (QED) is 0.736. The van der Waals surface area contributed by atoms with Gasteiger partial charge < -0.3 is 14.4 Å². The average molecular weight is 336 g/mol. The second-order valence-electron chi connectivity index (χ2n) is 6.59. The van der Waals surface area contributed by atoms with Crippen LogP contribution in [-0.4, -0.2) is 45.7 Å². The summed E-state index contributed by atoms with van der Waals surface area (Å²) in [6.45, 7) is 11.2. The van der Waals surface area contributed by atoms with Gasteiger partial charge in [0.05, 0.1) is 6.33 Å². The smallest absolute Gasteiger partial charge is 0.165 e. The molecule has 6 nitrogen and oxygen atoms in total. The van der Waals surface area contributed by atoms with Crippen molar-refractivity contribution in [2.45, 2.75) is 27.3 Å². The second-order valence-corrected chi connectivity index (χ2v) is 6.59. The van der Waals surface area contributed by atoms with E-state index in [1.54, 1.807) is 6.33 Å². The van der Waals surface area contributed by atoms with E-state index in [9.17, 15) is 0 Å². The molecule has 0 amide bonds. The van der Waals surface area contributed by atoms with Crippen molar-refractivity contribution in [1.82, 2.24) is 19.5 Å². The fraction of sp³-hybridized carbons (Fsp3) is 0.421. The molecule has 3 heterocycles. The first-order valence-electron chi connectivity index (χ1n) is 8.91. The van der Waals surface area contributed by atoms with Crippen LogP contribution in [0.4, 0.5) is 11.5 Å². The van der Waals surface area contributed by atoms with Crippen molar-refractivity contribution in [1.29, 1.82) is 0 Å². The number of benzene rings is 1. The molecule has 0 unspecified atom stereocenters. The summed E-state index contributed by atoms with van der Waals surface area (Å²) < 4.78 is 2.06. The molecule has 0 N–H and O–H groups in total. The highest BCUT2D eigenvalue weighted by molar-refractivity contribution is 5.83. The topological polar surface area (TPSA) is 50.1 Å². The van der Waals surface area contributed by atoms with Gasteiger partial charge in [-0.15, -0.1) is 0 Å². The van der Waals surface area contributed by atoms with Crippen LogP contribution < -0.4 is 9.80 Å². The molecule has 0 bridgehead atoms. The lowest BCUT2D eigenvalue weighted by atomic mass is 10.1. The minimum absolute atomic E-state index is 0.868. The molecular formula is C19H24N6. The zero-order chi connectivity index (χ0) is 17.4. The minimum Gasteiger partial charge on any atom is -0.368 e. The standard InChI is InChI=1S/C19H24N6/c1-4-23-13-22-17-18(23)20-12-21-19(17)25-10-8-24(9-11-25)16-7-5-6-14(2)15(16)3/h5-7,12-13H,4,8-11H2,1-3H3. The number of piperazine rings is 1. The van der Waals surface area contributed by atoms with Gasteiger partial charge in [-0.1, -0.05) is 12.1 Å². The van der Waals surface area contributed by atoms with Crippen LogP contribution in [0.5, 0.6) is 0 Å². The number of imidazole rings is 1. The molecule has 1 saturated heterocycles. The predicted octanol–water partition coefficient (Wildman–Crippen LogP) is 2.79. The lowest BCUT2D eigenvalue weighted by Gasteiger charge is -2.37. The normalized spacial score (nSPS) is 15.2. The van der Waals surface area contributed by atoms with Gasteiger partial charge in [-0.25, -0.2) is 15.0 Å². The van der Waals surface area contributed by atoms with Gasteiger partial charge in [0.15, 0.2) is 17.0 Å². The van der Waals surface area contributed by atoms with Crippen LogP contribution in [0.15, 0.2) is 30.9 Å². The Balaban J connectivity index is 1.56. The van der Waals surface area contributed by atoms with Crippen molar-refractivity contribution in [2.24, 2.45) is 0 Å². The van der Waals surface area contributed by atoms with E-state index in [1.165, 1.54) is 16.8 Å². The molecule has 3 aromatic rings. The van der Waals surface area contributed by atoms with E-state index in [0.717, 1.165) is 49.7 Å². The van der Waals surface area contributed by atoms with Crippen molar-refractivity contribution in [2.75, 3.05) is 36.0 Å². The Bertz CT molecular complexity index is 892. The lowest BCUT2D eigenvalue weighted by Crippen LogP contribution is -2.47. The van der Waals surface area contributed by atoms with Gasteiger partial charge >= 0.3 is 0 Å². The van der Waals surface area contributed by atoms with E-state index < -0.39 is 0 Å². The van der Waals surface area contributed by atoms with Crippen LogP contribution >= 0.6 is 0 Å². The summed E-state index contributed by atoms with van der Waals surface area (Å²) in [5, 5.41) is 0. The van der Waals surface area contributed by atoms with Gasteiger partial charge in [-0.2, -0.15) is 0 Å². The van der Waals surface area contributed by atoms with E-state index >= 15 is 0 Å². The average Bonchev–Trinajstić information content (AvgIpc) is 3.07. The van der Waals surface area contributed by atoms with E-state index in [0.29, 0.717) is 0 Å². The first-order chi connectivity index (χ1) is 12.2. The summed E-state index contributed by atoms with van der Waals surface area (Å²) in [6.07, 6.45) is 3.51. The molecule has 0 spiro atoms. The summed E-state index contributed by atoms with van der Waals surface area (Å²) in [5.41, 5.74) is 5.90. The van der Waals surface area contributed by atoms with Gasteiger partial charge in [0.2, 0.25) is 0 Å². The number of rotatable bonds is 3. The Morgan fingerprint density at radius 3 is 2.48 bits per heavy atom. The predicted molar refractivity (Wildman–Crippen MR) is 101 cm³/mol. The SMILES string of the molecule is CCn1cnc2c(N3CCN(c4cccc(C)c4C)CC3)ncnc21. The van der Waals surface area contributed by atoms with Crippen molar-refractivity contribution < 1.29 is 0 Å². The van der Waals surface area contributed by atoms with Crippen LogP contribution in [0, 0.1) is 13.8 Å². The number of anilines is 2. The zero-order valence-electron chi connectivity index (χ0n) is 15.1.